The third kappa shape index (κ3) is 4.42. The van der Waals surface area contributed by atoms with Crippen LogP contribution in [0.5, 0.6) is 5.75 Å². The minimum atomic E-state index is -0.132. The smallest absolute Gasteiger partial charge is 0.253 e. The first-order valence-corrected chi connectivity index (χ1v) is 10.9. The summed E-state index contributed by atoms with van der Waals surface area (Å²) < 4.78 is 7.51. The second-order valence-electron chi connectivity index (χ2n) is 9.60. The van der Waals surface area contributed by atoms with Gasteiger partial charge in [-0.15, -0.1) is 0 Å². The molecule has 2 aromatic rings. The summed E-state index contributed by atoms with van der Waals surface area (Å²) in [5.74, 6) is 1.37. The predicted octanol–water partition coefficient (Wildman–Crippen LogP) is 3.03. The Bertz CT molecular complexity index is 968. The molecule has 0 spiro atoms. The lowest BCUT2D eigenvalue weighted by atomic mass is 9.91. The second-order valence-corrected chi connectivity index (χ2v) is 9.60. The van der Waals surface area contributed by atoms with E-state index in [4.69, 9.17) is 4.74 Å². The van der Waals surface area contributed by atoms with Crippen molar-refractivity contribution in [1.29, 1.82) is 0 Å². The molecule has 6 heteroatoms. The zero-order chi connectivity index (χ0) is 21.3. The molecule has 0 N–H and O–H groups in total. The Morgan fingerprint density at radius 3 is 2.63 bits per heavy atom. The number of rotatable bonds is 3. The molecule has 0 aliphatic carbocycles. The molecular weight excluding hydrogens is 378 g/mol. The minimum absolute atomic E-state index is 0.00597. The van der Waals surface area contributed by atoms with Gasteiger partial charge in [-0.1, -0.05) is 39.0 Å². The summed E-state index contributed by atoms with van der Waals surface area (Å²) in [6.45, 7) is 8.77. The first-order valence-electron chi connectivity index (χ1n) is 10.9. The molecule has 2 aliphatic rings. The highest BCUT2D eigenvalue weighted by molar-refractivity contribution is 5.80. The highest BCUT2D eigenvalue weighted by Gasteiger charge is 2.31. The molecule has 1 aromatic heterocycles. The van der Waals surface area contributed by atoms with E-state index >= 15 is 0 Å². The molecule has 4 rings (SSSR count). The van der Waals surface area contributed by atoms with Crippen molar-refractivity contribution >= 4 is 5.91 Å². The maximum Gasteiger partial charge on any atom is 0.253 e. The summed E-state index contributed by atoms with van der Waals surface area (Å²) in [6, 6.07) is 9.61. The normalized spacial score (nSPS) is 19.8. The number of carbonyl (C=O) groups excluding carboxylic acids is 1. The van der Waals surface area contributed by atoms with E-state index in [1.807, 2.05) is 29.2 Å². The van der Waals surface area contributed by atoms with Crippen molar-refractivity contribution in [3.05, 3.63) is 58.3 Å². The van der Waals surface area contributed by atoms with Crippen LogP contribution in [-0.2, 0) is 23.2 Å². The number of ether oxygens (including phenoxy) is 1. The molecule has 1 unspecified atom stereocenters. The number of para-hydroxylation sites is 1. The van der Waals surface area contributed by atoms with Crippen molar-refractivity contribution in [1.82, 2.24) is 14.5 Å². The summed E-state index contributed by atoms with van der Waals surface area (Å²) in [5, 5.41) is 0. The maximum absolute atomic E-state index is 13.0. The quantitative estimate of drug-likeness (QED) is 0.782. The van der Waals surface area contributed by atoms with Crippen molar-refractivity contribution in [2.45, 2.75) is 52.0 Å². The van der Waals surface area contributed by atoms with Gasteiger partial charge >= 0.3 is 0 Å². The van der Waals surface area contributed by atoms with Crippen LogP contribution in [0.25, 0.3) is 0 Å². The molecule has 1 atom stereocenters. The summed E-state index contributed by atoms with van der Waals surface area (Å²) in [7, 11) is 0. The van der Waals surface area contributed by atoms with Crippen LogP contribution in [0.3, 0.4) is 0 Å². The molecule has 3 heterocycles. The van der Waals surface area contributed by atoms with E-state index in [9.17, 15) is 9.59 Å². The van der Waals surface area contributed by atoms with E-state index < -0.39 is 0 Å². The number of fused-ring (bicyclic) bond motifs is 1. The van der Waals surface area contributed by atoms with Gasteiger partial charge in [0.05, 0.1) is 17.9 Å². The number of benzene rings is 1. The average Bonchev–Trinajstić information content (AvgIpc) is 2.74. The van der Waals surface area contributed by atoms with Crippen LogP contribution in [0.1, 0.15) is 44.9 Å². The number of hydrogen-bond acceptors (Lipinski definition) is 4. The van der Waals surface area contributed by atoms with Gasteiger partial charge in [-0.3, -0.25) is 14.2 Å². The first kappa shape index (κ1) is 20.6. The SMILES string of the molecule is CC(C)(C)c1cc(=O)n(CC2CCN(C(=O)C3COc4ccccc4C3)CC2)cn1. The van der Waals surface area contributed by atoms with E-state index in [0.717, 1.165) is 49.4 Å². The Kier molecular flexibility index (Phi) is 5.67. The summed E-state index contributed by atoms with van der Waals surface area (Å²) in [4.78, 5) is 31.9. The number of hydrogen-bond donors (Lipinski definition) is 0. The molecule has 1 saturated heterocycles. The number of carbonyl (C=O) groups is 1. The molecule has 1 amide bonds. The Hall–Kier alpha value is -2.63. The first-order chi connectivity index (χ1) is 14.3. The van der Waals surface area contributed by atoms with E-state index in [1.165, 1.54) is 0 Å². The highest BCUT2D eigenvalue weighted by Crippen LogP contribution is 2.29. The van der Waals surface area contributed by atoms with E-state index in [1.54, 1.807) is 17.0 Å². The molecule has 160 valence electrons. The van der Waals surface area contributed by atoms with Gasteiger partial charge in [0.1, 0.15) is 12.4 Å². The monoisotopic (exact) mass is 409 g/mol. The molecule has 30 heavy (non-hydrogen) atoms. The van der Waals surface area contributed by atoms with Crippen molar-refractivity contribution in [2.24, 2.45) is 11.8 Å². The van der Waals surface area contributed by atoms with E-state index in [2.05, 4.69) is 25.8 Å². The van der Waals surface area contributed by atoms with Crippen LogP contribution < -0.4 is 10.3 Å². The zero-order valence-corrected chi connectivity index (χ0v) is 18.1. The van der Waals surface area contributed by atoms with Crippen molar-refractivity contribution in [2.75, 3.05) is 19.7 Å². The molecule has 1 fully saturated rings. The second kappa shape index (κ2) is 8.25. The number of nitrogens with zero attached hydrogens (tertiary/aromatic N) is 3. The molecule has 0 saturated carbocycles. The predicted molar refractivity (Wildman–Crippen MR) is 116 cm³/mol. The van der Waals surface area contributed by atoms with Crippen LogP contribution in [0.15, 0.2) is 41.5 Å². The molecule has 0 bridgehead atoms. The van der Waals surface area contributed by atoms with Gasteiger partial charge in [-0.25, -0.2) is 4.98 Å². The van der Waals surface area contributed by atoms with E-state index in [0.29, 0.717) is 19.1 Å². The molecular formula is C24H31N3O3. The van der Waals surface area contributed by atoms with Gasteiger partial charge in [0.2, 0.25) is 5.91 Å². The summed E-state index contributed by atoms with van der Waals surface area (Å²) in [5.41, 5.74) is 1.81. The van der Waals surface area contributed by atoms with Gasteiger partial charge in [0, 0.05) is 31.1 Å². The fourth-order valence-corrected chi connectivity index (χ4v) is 4.33. The molecule has 0 radical (unpaired) electrons. The van der Waals surface area contributed by atoms with Crippen molar-refractivity contribution in [3.8, 4) is 5.75 Å². The third-order valence-electron chi connectivity index (χ3n) is 6.26. The van der Waals surface area contributed by atoms with Gasteiger partial charge in [0.15, 0.2) is 0 Å². The lowest BCUT2D eigenvalue weighted by Crippen LogP contribution is -2.45. The summed E-state index contributed by atoms with van der Waals surface area (Å²) in [6.07, 6.45) is 4.24. The Morgan fingerprint density at radius 2 is 1.93 bits per heavy atom. The number of aromatic nitrogens is 2. The molecule has 1 aromatic carbocycles. The van der Waals surface area contributed by atoms with E-state index in [-0.39, 0.29) is 22.8 Å². The highest BCUT2D eigenvalue weighted by atomic mass is 16.5. The fourth-order valence-electron chi connectivity index (χ4n) is 4.33. The largest absolute Gasteiger partial charge is 0.492 e. The molecule has 6 nitrogen and oxygen atoms in total. The van der Waals surface area contributed by atoms with Gasteiger partial charge < -0.3 is 9.64 Å². The van der Waals surface area contributed by atoms with Crippen LogP contribution in [-0.4, -0.2) is 40.1 Å². The lowest BCUT2D eigenvalue weighted by Gasteiger charge is -2.35. The molecule has 2 aliphatic heterocycles. The lowest BCUT2D eigenvalue weighted by molar-refractivity contribution is -0.138. The minimum Gasteiger partial charge on any atom is -0.492 e. The maximum atomic E-state index is 13.0. The van der Waals surface area contributed by atoms with Gasteiger partial charge in [0.25, 0.3) is 5.56 Å². The standard InChI is InChI=1S/C24H31N3O3/c1-24(2,3)21-13-22(28)27(16-25-21)14-17-8-10-26(11-9-17)23(29)19-12-18-6-4-5-7-20(18)30-15-19/h4-7,13,16-17,19H,8-12,14-15H2,1-3H3. The van der Waals surface area contributed by atoms with Crippen LogP contribution in [0, 0.1) is 11.8 Å². The van der Waals surface area contributed by atoms with Crippen LogP contribution in [0.4, 0.5) is 0 Å². The fraction of sp³-hybridized carbons (Fsp3) is 0.542. The Labute approximate surface area is 177 Å². The van der Waals surface area contributed by atoms with Crippen LogP contribution in [0.2, 0.25) is 0 Å². The zero-order valence-electron chi connectivity index (χ0n) is 18.1. The topological polar surface area (TPSA) is 64.4 Å². The number of piperidine rings is 1. The Morgan fingerprint density at radius 1 is 1.20 bits per heavy atom. The third-order valence-corrected chi connectivity index (χ3v) is 6.26. The average molecular weight is 410 g/mol. The number of likely N-dealkylation sites (tertiary alicyclic amines) is 1. The summed E-state index contributed by atoms with van der Waals surface area (Å²) >= 11 is 0. The van der Waals surface area contributed by atoms with Crippen LogP contribution >= 0.6 is 0 Å². The number of amides is 1. The van der Waals surface area contributed by atoms with Crippen molar-refractivity contribution < 1.29 is 9.53 Å². The van der Waals surface area contributed by atoms with Gasteiger partial charge in [-0.05, 0) is 36.8 Å². The van der Waals surface area contributed by atoms with Gasteiger partial charge in [-0.2, -0.15) is 0 Å². The van der Waals surface area contributed by atoms with Crippen molar-refractivity contribution in [3.63, 3.8) is 0 Å². The Balaban J connectivity index is 1.32.